The molecule has 1 heterocycles. The molecular formula is C15H27N3O4. The summed E-state index contributed by atoms with van der Waals surface area (Å²) in [6.45, 7) is 5.18. The maximum absolute atomic E-state index is 12.1. The lowest BCUT2D eigenvalue weighted by molar-refractivity contribution is -0.136. The summed E-state index contributed by atoms with van der Waals surface area (Å²) in [5.41, 5.74) is 0. The van der Waals surface area contributed by atoms with E-state index in [4.69, 9.17) is 5.11 Å². The Labute approximate surface area is 131 Å². The first kappa shape index (κ1) is 18.3. The summed E-state index contributed by atoms with van der Waals surface area (Å²) in [5, 5.41) is 14.1. The normalized spacial score (nSPS) is 21.3. The third-order valence-electron chi connectivity index (χ3n) is 3.96. The molecule has 2 unspecified atom stereocenters. The molecule has 0 saturated carbocycles. The lowest BCUT2D eigenvalue weighted by Gasteiger charge is -2.37. The Morgan fingerprint density at radius 1 is 1.18 bits per heavy atom. The van der Waals surface area contributed by atoms with E-state index in [-0.39, 0.29) is 36.9 Å². The van der Waals surface area contributed by atoms with Gasteiger partial charge < -0.3 is 20.6 Å². The first-order valence-corrected chi connectivity index (χ1v) is 7.99. The number of carbonyl (C=O) groups is 3. The number of hydrogen-bond donors (Lipinski definition) is 3. The third kappa shape index (κ3) is 5.91. The van der Waals surface area contributed by atoms with Crippen LogP contribution in [0.2, 0.25) is 0 Å². The molecule has 0 aromatic rings. The van der Waals surface area contributed by atoms with Gasteiger partial charge in [-0.15, -0.1) is 0 Å². The largest absolute Gasteiger partial charge is 0.481 e. The van der Waals surface area contributed by atoms with E-state index in [2.05, 4.69) is 17.6 Å². The van der Waals surface area contributed by atoms with Gasteiger partial charge in [0, 0.05) is 25.7 Å². The van der Waals surface area contributed by atoms with Gasteiger partial charge >= 0.3 is 12.0 Å². The molecule has 3 N–H and O–H groups in total. The number of rotatable bonds is 7. The van der Waals surface area contributed by atoms with Gasteiger partial charge in [-0.1, -0.05) is 13.3 Å². The molecule has 0 aromatic carbocycles. The maximum atomic E-state index is 12.1. The number of amides is 3. The second-order valence-corrected chi connectivity index (χ2v) is 5.80. The standard InChI is InChI=1S/C15H27N3O4/c1-3-4-8-16-14(21)12-6-5-11(2)18(10-12)15(22)17-9-7-13(19)20/h11-12H,3-10H2,1-2H3,(H,16,21)(H,17,22)(H,19,20). The number of carboxylic acid groups (broad SMARTS) is 1. The Hall–Kier alpha value is -1.79. The highest BCUT2D eigenvalue weighted by Crippen LogP contribution is 2.22. The van der Waals surface area contributed by atoms with Gasteiger partial charge in [-0.25, -0.2) is 4.79 Å². The highest BCUT2D eigenvalue weighted by Gasteiger charge is 2.32. The van der Waals surface area contributed by atoms with Crippen LogP contribution in [0.25, 0.3) is 0 Å². The van der Waals surface area contributed by atoms with E-state index < -0.39 is 5.97 Å². The molecule has 0 aliphatic carbocycles. The zero-order chi connectivity index (χ0) is 16.5. The van der Waals surface area contributed by atoms with Gasteiger partial charge in [0.1, 0.15) is 0 Å². The van der Waals surface area contributed by atoms with E-state index in [0.717, 1.165) is 25.7 Å². The van der Waals surface area contributed by atoms with E-state index in [1.165, 1.54) is 0 Å². The van der Waals surface area contributed by atoms with Crippen molar-refractivity contribution in [3.63, 3.8) is 0 Å². The molecule has 3 amide bonds. The first-order chi connectivity index (χ1) is 10.5. The average molecular weight is 313 g/mol. The Morgan fingerprint density at radius 2 is 1.91 bits per heavy atom. The van der Waals surface area contributed by atoms with Crippen LogP contribution in [0.5, 0.6) is 0 Å². The molecule has 1 aliphatic rings. The van der Waals surface area contributed by atoms with Gasteiger partial charge in [-0.3, -0.25) is 9.59 Å². The van der Waals surface area contributed by atoms with Gasteiger partial charge in [0.2, 0.25) is 5.91 Å². The zero-order valence-corrected chi connectivity index (χ0v) is 13.4. The molecule has 0 radical (unpaired) electrons. The van der Waals surface area contributed by atoms with Crippen molar-refractivity contribution in [2.24, 2.45) is 5.92 Å². The van der Waals surface area contributed by atoms with Crippen molar-refractivity contribution in [2.75, 3.05) is 19.6 Å². The van der Waals surface area contributed by atoms with Crippen molar-refractivity contribution >= 4 is 17.9 Å². The molecule has 0 spiro atoms. The van der Waals surface area contributed by atoms with Crippen LogP contribution in [0.4, 0.5) is 4.79 Å². The van der Waals surface area contributed by atoms with Crippen LogP contribution in [0, 0.1) is 5.92 Å². The van der Waals surface area contributed by atoms with E-state index in [0.29, 0.717) is 13.1 Å². The molecule has 7 heteroatoms. The predicted molar refractivity (Wildman–Crippen MR) is 82.5 cm³/mol. The van der Waals surface area contributed by atoms with E-state index in [1.54, 1.807) is 4.90 Å². The third-order valence-corrected chi connectivity index (χ3v) is 3.96. The number of aliphatic carboxylic acids is 1. The van der Waals surface area contributed by atoms with Crippen LogP contribution in [0.1, 0.15) is 46.0 Å². The number of hydrogen-bond acceptors (Lipinski definition) is 3. The van der Waals surface area contributed by atoms with Gasteiger partial charge in [-0.05, 0) is 26.2 Å². The number of nitrogens with zero attached hydrogens (tertiary/aromatic N) is 1. The average Bonchev–Trinajstić information content (AvgIpc) is 2.47. The van der Waals surface area contributed by atoms with Gasteiger partial charge in [0.25, 0.3) is 0 Å². The summed E-state index contributed by atoms with van der Waals surface area (Å²) >= 11 is 0. The number of carbonyl (C=O) groups excluding carboxylic acids is 2. The number of piperidine rings is 1. The molecule has 1 saturated heterocycles. The summed E-state index contributed by atoms with van der Waals surface area (Å²) in [4.78, 5) is 36.3. The van der Waals surface area contributed by atoms with Crippen LogP contribution < -0.4 is 10.6 Å². The van der Waals surface area contributed by atoms with Crippen molar-refractivity contribution in [1.82, 2.24) is 15.5 Å². The molecule has 0 bridgehead atoms. The minimum absolute atomic E-state index is 0.00341. The second kappa shape index (κ2) is 9.27. The molecular weight excluding hydrogens is 286 g/mol. The van der Waals surface area contributed by atoms with Crippen molar-refractivity contribution in [3.05, 3.63) is 0 Å². The molecule has 22 heavy (non-hydrogen) atoms. The minimum Gasteiger partial charge on any atom is -0.481 e. The van der Waals surface area contributed by atoms with Crippen molar-refractivity contribution in [3.8, 4) is 0 Å². The lowest BCUT2D eigenvalue weighted by Crippen LogP contribution is -2.52. The smallest absolute Gasteiger partial charge is 0.317 e. The number of nitrogens with one attached hydrogen (secondary N) is 2. The lowest BCUT2D eigenvalue weighted by atomic mass is 9.93. The molecule has 2 atom stereocenters. The van der Waals surface area contributed by atoms with Gasteiger partial charge in [0.05, 0.1) is 12.3 Å². The van der Waals surface area contributed by atoms with Crippen LogP contribution in [-0.2, 0) is 9.59 Å². The summed E-state index contributed by atoms with van der Waals surface area (Å²) in [6.07, 6.45) is 3.43. The number of likely N-dealkylation sites (tertiary alicyclic amines) is 1. The zero-order valence-electron chi connectivity index (χ0n) is 13.4. The predicted octanol–water partition coefficient (Wildman–Crippen LogP) is 1.19. The maximum Gasteiger partial charge on any atom is 0.317 e. The summed E-state index contributed by atoms with van der Waals surface area (Å²) in [6, 6.07) is -0.232. The van der Waals surface area contributed by atoms with Crippen molar-refractivity contribution < 1.29 is 19.5 Å². The Balaban J connectivity index is 2.46. The van der Waals surface area contributed by atoms with E-state index in [1.807, 2.05) is 6.92 Å². The van der Waals surface area contributed by atoms with Gasteiger partial charge in [0.15, 0.2) is 0 Å². The van der Waals surface area contributed by atoms with Gasteiger partial charge in [-0.2, -0.15) is 0 Å². The quantitative estimate of drug-likeness (QED) is 0.615. The highest BCUT2D eigenvalue weighted by atomic mass is 16.4. The SMILES string of the molecule is CCCCNC(=O)C1CCC(C)N(C(=O)NCCC(=O)O)C1. The number of urea groups is 1. The topological polar surface area (TPSA) is 98.7 Å². The van der Waals surface area contributed by atoms with Crippen LogP contribution in [0.3, 0.4) is 0 Å². The Bertz CT molecular complexity index is 400. The number of carboxylic acids is 1. The molecule has 1 fully saturated rings. The first-order valence-electron chi connectivity index (χ1n) is 7.99. The molecule has 1 aliphatic heterocycles. The monoisotopic (exact) mass is 313 g/mol. The molecule has 0 aromatic heterocycles. The number of unbranched alkanes of at least 4 members (excludes halogenated alkanes) is 1. The Morgan fingerprint density at radius 3 is 2.55 bits per heavy atom. The van der Waals surface area contributed by atoms with Crippen molar-refractivity contribution in [1.29, 1.82) is 0 Å². The minimum atomic E-state index is -0.944. The highest BCUT2D eigenvalue weighted by molar-refractivity contribution is 5.81. The molecule has 1 rings (SSSR count). The van der Waals surface area contributed by atoms with Crippen LogP contribution in [0.15, 0.2) is 0 Å². The molecule has 7 nitrogen and oxygen atoms in total. The fraction of sp³-hybridized carbons (Fsp3) is 0.800. The summed E-state index contributed by atoms with van der Waals surface area (Å²) < 4.78 is 0. The van der Waals surface area contributed by atoms with Crippen molar-refractivity contribution in [2.45, 2.75) is 52.0 Å². The fourth-order valence-electron chi connectivity index (χ4n) is 2.51. The van der Waals surface area contributed by atoms with Crippen LogP contribution >= 0.6 is 0 Å². The summed E-state index contributed by atoms with van der Waals surface area (Å²) in [7, 11) is 0. The fourth-order valence-corrected chi connectivity index (χ4v) is 2.51. The van der Waals surface area contributed by atoms with E-state index >= 15 is 0 Å². The second-order valence-electron chi connectivity index (χ2n) is 5.80. The molecule has 126 valence electrons. The summed E-state index contributed by atoms with van der Waals surface area (Å²) in [5.74, 6) is -1.12. The Kier molecular flexibility index (Phi) is 7.70. The van der Waals surface area contributed by atoms with Crippen LogP contribution in [-0.4, -0.2) is 53.6 Å². The van der Waals surface area contributed by atoms with E-state index in [9.17, 15) is 14.4 Å².